The first-order chi connectivity index (χ1) is 9.06. The second kappa shape index (κ2) is 6.28. The summed E-state index contributed by atoms with van der Waals surface area (Å²) in [4.78, 5) is 0.738. The number of allylic oxidation sites excluding steroid dienone is 8. The quantitative estimate of drug-likeness (QED) is 0.571. The molecule has 0 unspecified atom stereocenters. The van der Waals surface area contributed by atoms with Crippen LogP contribution in [0.5, 0.6) is 0 Å². The first kappa shape index (κ1) is 14.2. The second-order valence-electron chi connectivity index (χ2n) is 3.98. The first-order valence-electron chi connectivity index (χ1n) is 5.48. The van der Waals surface area contributed by atoms with Gasteiger partial charge >= 0.3 is 0 Å². The first-order valence-corrected chi connectivity index (χ1v) is 8.63. The van der Waals surface area contributed by atoms with Crippen molar-refractivity contribution in [3.63, 3.8) is 0 Å². The van der Waals surface area contributed by atoms with Gasteiger partial charge in [0, 0.05) is 12.8 Å². The van der Waals surface area contributed by atoms with Crippen molar-refractivity contribution < 1.29 is 16.8 Å². The van der Waals surface area contributed by atoms with Gasteiger partial charge in [-0.05, 0) is 22.8 Å². The monoisotopic (exact) mass is 314 g/mol. The van der Waals surface area contributed by atoms with E-state index in [1.807, 2.05) is 12.2 Å². The Morgan fingerprint density at radius 3 is 1.58 bits per heavy atom. The molecule has 4 nitrogen and oxygen atoms in total. The Balaban J connectivity index is 2.16. The van der Waals surface area contributed by atoms with E-state index in [2.05, 4.69) is 0 Å². The molecule has 0 saturated heterocycles. The van der Waals surface area contributed by atoms with Crippen LogP contribution in [0.3, 0.4) is 0 Å². The average molecular weight is 314 g/mol. The molecule has 19 heavy (non-hydrogen) atoms. The summed E-state index contributed by atoms with van der Waals surface area (Å²) >= 11 is 0. The molecule has 0 amide bonds. The molecule has 2 aliphatic carbocycles. The maximum atomic E-state index is 10.9. The minimum Gasteiger partial charge on any atom is -0.184 e. The van der Waals surface area contributed by atoms with Gasteiger partial charge in [-0.15, -0.1) is 0 Å². The predicted octanol–water partition coefficient (Wildman–Crippen LogP) is 1.46. The molecule has 0 heterocycles. The van der Waals surface area contributed by atoms with Crippen molar-refractivity contribution in [2.24, 2.45) is 0 Å². The molecule has 0 aliphatic heterocycles. The molecule has 0 N–H and O–H groups in total. The summed E-state index contributed by atoms with van der Waals surface area (Å²) in [6.45, 7) is 0. The number of hydrogen-bond acceptors (Lipinski definition) is 4. The minimum absolute atomic E-state index is 0.319. The standard InChI is InChI=1S/C12H11O4PS2/c13-18(14)11-5-1-3-9(7-11)17-10-4-2-6-12(8-10)19(15)16/h1-6,17H,7-8H2. The van der Waals surface area contributed by atoms with E-state index in [-0.39, 0.29) is 0 Å². The molecule has 0 aromatic carbocycles. The van der Waals surface area contributed by atoms with Gasteiger partial charge < -0.3 is 0 Å². The maximum absolute atomic E-state index is 10.9. The molecule has 0 bridgehead atoms. The Bertz CT molecular complexity index is 707. The van der Waals surface area contributed by atoms with Crippen LogP contribution in [0.1, 0.15) is 12.8 Å². The zero-order valence-corrected chi connectivity index (χ0v) is 12.5. The molecule has 100 valence electrons. The molecule has 0 saturated carbocycles. The highest BCUT2D eigenvalue weighted by atomic mass is 32.2. The van der Waals surface area contributed by atoms with E-state index >= 15 is 0 Å². The summed E-state index contributed by atoms with van der Waals surface area (Å²) < 4.78 is 43.6. The summed E-state index contributed by atoms with van der Waals surface area (Å²) in [5.41, 5.74) is 0. The predicted molar refractivity (Wildman–Crippen MR) is 79.8 cm³/mol. The van der Waals surface area contributed by atoms with Gasteiger partial charge in [-0.25, -0.2) is 0 Å². The molecule has 2 rings (SSSR count). The van der Waals surface area contributed by atoms with Crippen LogP contribution in [0.15, 0.2) is 47.1 Å². The third-order valence-electron chi connectivity index (χ3n) is 2.64. The van der Waals surface area contributed by atoms with Crippen LogP contribution in [0.4, 0.5) is 0 Å². The Morgan fingerprint density at radius 2 is 1.21 bits per heavy atom. The van der Waals surface area contributed by atoms with E-state index in [1.165, 1.54) is 0 Å². The summed E-state index contributed by atoms with van der Waals surface area (Å²) in [6, 6.07) is 0. The van der Waals surface area contributed by atoms with E-state index in [9.17, 15) is 16.8 Å². The fourth-order valence-corrected chi connectivity index (χ4v) is 4.27. The molecular formula is C12H11O4PS2. The van der Waals surface area contributed by atoms with E-state index < -0.39 is 20.6 Å². The Labute approximate surface area is 116 Å². The van der Waals surface area contributed by atoms with Gasteiger partial charge in [-0.3, -0.25) is 0 Å². The van der Waals surface area contributed by atoms with Crippen molar-refractivity contribution in [3.05, 3.63) is 47.1 Å². The molecule has 0 spiro atoms. The van der Waals surface area contributed by atoms with Crippen molar-refractivity contribution >= 4 is 38.9 Å². The van der Waals surface area contributed by atoms with Crippen molar-refractivity contribution in [1.82, 2.24) is 0 Å². The normalized spacial score (nSPS) is 18.1. The van der Waals surface area contributed by atoms with Crippen LogP contribution >= 0.6 is 8.58 Å². The van der Waals surface area contributed by atoms with E-state index in [4.69, 9.17) is 0 Å². The Hall–Kier alpha value is -1.23. The van der Waals surface area contributed by atoms with Gasteiger partial charge in [0.25, 0.3) is 0 Å². The van der Waals surface area contributed by atoms with Gasteiger partial charge in [0.15, 0.2) is 0 Å². The van der Waals surface area contributed by atoms with Gasteiger partial charge in [0.2, 0.25) is 20.6 Å². The average Bonchev–Trinajstić information content (AvgIpc) is 2.39. The van der Waals surface area contributed by atoms with E-state index in [1.54, 1.807) is 24.3 Å². The lowest BCUT2D eigenvalue weighted by Gasteiger charge is -2.13. The highest BCUT2D eigenvalue weighted by molar-refractivity contribution is 7.73. The maximum Gasteiger partial charge on any atom is 0.217 e. The topological polar surface area (TPSA) is 68.3 Å². The van der Waals surface area contributed by atoms with Crippen LogP contribution in [-0.4, -0.2) is 26.6 Å². The van der Waals surface area contributed by atoms with Crippen LogP contribution in [0.25, 0.3) is 0 Å². The number of rotatable bonds is 2. The number of hydrogen-bond donors (Lipinski definition) is 0. The highest BCUT2D eigenvalue weighted by Gasteiger charge is 2.12. The van der Waals surface area contributed by atoms with Gasteiger partial charge in [-0.1, -0.05) is 32.9 Å². The second-order valence-corrected chi connectivity index (χ2v) is 7.50. The van der Waals surface area contributed by atoms with Crippen molar-refractivity contribution in [3.8, 4) is 0 Å². The molecule has 0 radical (unpaired) electrons. The smallest absolute Gasteiger partial charge is 0.184 e. The SMILES string of the molecule is O=S(=O)=C1C=CC=C(PC2=CC=CC(=S(=O)=O)C2)C1. The summed E-state index contributed by atoms with van der Waals surface area (Å²) in [5.74, 6) is 0. The molecule has 0 aromatic heterocycles. The van der Waals surface area contributed by atoms with Gasteiger partial charge in [0.05, 0.1) is 9.73 Å². The van der Waals surface area contributed by atoms with Gasteiger partial charge in [0.1, 0.15) is 0 Å². The fourth-order valence-electron chi connectivity index (χ4n) is 1.76. The summed E-state index contributed by atoms with van der Waals surface area (Å²) in [6.07, 6.45) is 11.2. The lowest BCUT2D eigenvalue weighted by atomic mass is 10.2. The summed E-state index contributed by atoms with van der Waals surface area (Å²) in [5, 5.41) is 2.00. The minimum atomic E-state index is -2.19. The van der Waals surface area contributed by atoms with Crippen molar-refractivity contribution in [2.45, 2.75) is 12.8 Å². The van der Waals surface area contributed by atoms with Crippen LogP contribution in [-0.2, 0) is 20.6 Å². The van der Waals surface area contributed by atoms with Crippen LogP contribution in [0, 0.1) is 0 Å². The molecule has 0 atom stereocenters. The Morgan fingerprint density at radius 1 is 0.789 bits per heavy atom. The fraction of sp³-hybridized carbons (Fsp3) is 0.167. The van der Waals surface area contributed by atoms with Crippen LogP contribution < -0.4 is 0 Å². The Kier molecular flexibility index (Phi) is 4.69. The van der Waals surface area contributed by atoms with Crippen LogP contribution in [0.2, 0.25) is 0 Å². The molecule has 0 aromatic rings. The zero-order valence-electron chi connectivity index (χ0n) is 9.83. The third-order valence-corrected chi connectivity index (χ3v) is 5.38. The highest BCUT2D eigenvalue weighted by Crippen LogP contribution is 2.39. The molecule has 2 aliphatic rings. The van der Waals surface area contributed by atoms with Crippen molar-refractivity contribution in [2.75, 3.05) is 0 Å². The lowest BCUT2D eigenvalue weighted by Crippen LogP contribution is -2.02. The molecule has 0 fully saturated rings. The van der Waals surface area contributed by atoms with Gasteiger partial charge in [-0.2, -0.15) is 16.8 Å². The van der Waals surface area contributed by atoms with Crippen molar-refractivity contribution in [1.29, 1.82) is 0 Å². The molecular weight excluding hydrogens is 303 g/mol. The zero-order chi connectivity index (χ0) is 13.8. The third kappa shape index (κ3) is 3.86. The van der Waals surface area contributed by atoms with E-state index in [0.717, 1.165) is 10.6 Å². The summed E-state index contributed by atoms with van der Waals surface area (Å²) in [7, 11) is -4.06. The van der Waals surface area contributed by atoms with E-state index in [0.29, 0.717) is 31.2 Å². The lowest BCUT2D eigenvalue weighted by molar-refractivity contribution is 0.625. The molecule has 7 heteroatoms. The largest absolute Gasteiger partial charge is 0.217 e.